The molecule has 0 aromatic rings. The van der Waals surface area contributed by atoms with Gasteiger partial charge >= 0.3 is 5.97 Å². The van der Waals surface area contributed by atoms with Crippen molar-refractivity contribution < 1.29 is 14.3 Å². The number of carbonyl (C=O) groups is 2. The zero-order chi connectivity index (χ0) is 11.1. The lowest BCUT2D eigenvalue weighted by atomic mass is 10.3. The van der Waals surface area contributed by atoms with E-state index in [0.29, 0.717) is 19.5 Å². The van der Waals surface area contributed by atoms with Gasteiger partial charge in [-0.1, -0.05) is 13.8 Å². The Balaban J connectivity index is 0.000000791. The van der Waals surface area contributed by atoms with Crippen molar-refractivity contribution in [1.29, 1.82) is 0 Å². The highest BCUT2D eigenvalue weighted by molar-refractivity contribution is 5.79. The first kappa shape index (κ1) is 12.9. The summed E-state index contributed by atoms with van der Waals surface area (Å²) in [5.74, 6) is -0.241. The predicted molar refractivity (Wildman–Crippen MR) is 53.8 cm³/mol. The van der Waals surface area contributed by atoms with Crippen molar-refractivity contribution in [3.05, 3.63) is 0 Å². The second-order valence-corrected chi connectivity index (χ2v) is 2.87. The van der Waals surface area contributed by atoms with Gasteiger partial charge in [0.25, 0.3) is 0 Å². The molecule has 1 aliphatic rings. The number of carbonyl (C=O) groups excluding carboxylic acids is 2. The molecule has 1 saturated heterocycles. The fourth-order valence-electron chi connectivity index (χ4n) is 1.36. The van der Waals surface area contributed by atoms with Crippen LogP contribution >= 0.6 is 0 Å². The van der Waals surface area contributed by atoms with Gasteiger partial charge in [0, 0.05) is 13.5 Å². The Kier molecular flexibility index (Phi) is 5.92. The third-order valence-corrected chi connectivity index (χ3v) is 1.89. The van der Waals surface area contributed by atoms with Crippen LogP contribution < -0.4 is 0 Å². The molecule has 82 valence electrons. The zero-order valence-corrected chi connectivity index (χ0v) is 9.37. The zero-order valence-electron chi connectivity index (χ0n) is 9.37. The van der Waals surface area contributed by atoms with Gasteiger partial charge in [-0.05, 0) is 6.92 Å². The first-order valence-electron chi connectivity index (χ1n) is 5.08. The fraction of sp³-hybridized carbons (Fsp3) is 0.800. The Morgan fingerprint density at radius 3 is 2.50 bits per heavy atom. The maximum Gasteiger partial charge on any atom is 0.302 e. The summed E-state index contributed by atoms with van der Waals surface area (Å²) in [7, 11) is 0. The normalized spacial score (nSPS) is 20.1. The summed E-state index contributed by atoms with van der Waals surface area (Å²) in [4.78, 5) is 23.4. The van der Waals surface area contributed by atoms with Crippen LogP contribution in [0.1, 0.15) is 34.1 Å². The highest BCUT2D eigenvalue weighted by atomic mass is 16.5. The van der Waals surface area contributed by atoms with E-state index in [1.807, 2.05) is 20.8 Å². The van der Waals surface area contributed by atoms with E-state index < -0.39 is 0 Å². The number of hydrogen-bond donors (Lipinski definition) is 0. The topological polar surface area (TPSA) is 46.6 Å². The molecule has 4 heteroatoms. The smallest absolute Gasteiger partial charge is 0.302 e. The quantitative estimate of drug-likeness (QED) is 0.631. The summed E-state index contributed by atoms with van der Waals surface area (Å²) in [5, 5.41) is 0. The Hall–Kier alpha value is -1.06. The molecule has 0 aromatic heterocycles. The van der Waals surface area contributed by atoms with E-state index in [2.05, 4.69) is 0 Å². The summed E-state index contributed by atoms with van der Waals surface area (Å²) < 4.78 is 4.91. The molecule has 0 bridgehead atoms. The number of amides is 1. The average Bonchev–Trinajstić information content (AvgIpc) is 2.48. The van der Waals surface area contributed by atoms with Gasteiger partial charge in [0.15, 0.2) is 0 Å². The molecule has 1 atom stereocenters. The summed E-state index contributed by atoms with van der Waals surface area (Å²) in [6, 6.07) is 0. The third kappa shape index (κ3) is 3.77. The van der Waals surface area contributed by atoms with Crippen molar-refractivity contribution in [2.45, 2.75) is 40.2 Å². The molecule has 0 aromatic carbocycles. The number of rotatable bonds is 2. The van der Waals surface area contributed by atoms with E-state index in [4.69, 9.17) is 4.74 Å². The minimum atomic E-state index is -0.314. The molecule has 0 radical (unpaired) electrons. The summed E-state index contributed by atoms with van der Waals surface area (Å²) in [6.07, 6.45) is 0.114. The molecule has 4 nitrogen and oxygen atoms in total. The SMILES string of the molecule is CC.CCN1CC(OC(C)=O)CC1=O. The molecule has 1 heterocycles. The van der Waals surface area contributed by atoms with Gasteiger partial charge in [0.2, 0.25) is 5.91 Å². The second-order valence-electron chi connectivity index (χ2n) is 2.87. The van der Waals surface area contributed by atoms with Crippen molar-refractivity contribution in [3.8, 4) is 0 Å². The lowest BCUT2D eigenvalue weighted by Gasteiger charge is -2.12. The Morgan fingerprint density at radius 2 is 2.14 bits per heavy atom. The molecular weight excluding hydrogens is 182 g/mol. The van der Waals surface area contributed by atoms with E-state index in [0.717, 1.165) is 0 Å². The van der Waals surface area contributed by atoms with Crippen LogP contribution in [0.2, 0.25) is 0 Å². The van der Waals surface area contributed by atoms with Gasteiger partial charge in [-0.3, -0.25) is 9.59 Å². The molecule has 1 rings (SSSR count). The van der Waals surface area contributed by atoms with E-state index in [1.54, 1.807) is 4.90 Å². The number of likely N-dealkylation sites (N-methyl/N-ethyl adjacent to an activating group) is 1. The van der Waals surface area contributed by atoms with Crippen LogP contribution in [0.3, 0.4) is 0 Å². The van der Waals surface area contributed by atoms with E-state index >= 15 is 0 Å². The molecule has 1 unspecified atom stereocenters. The van der Waals surface area contributed by atoms with Crippen LogP contribution in [0.4, 0.5) is 0 Å². The van der Waals surface area contributed by atoms with Crippen molar-refractivity contribution in [1.82, 2.24) is 4.90 Å². The highest BCUT2D eigenvalue weighted by Gasteiger charge is 2.30. The van der Waals surface area contributed by atoms with Gasteiger partial charge < -0.3 is 9.64 Å². The summed E-state index contributed by atoms with van der Waals surface area (Å²) >= 11 is 0. The van der Waals surface area contributed by atoms with Crippen molar-refractivity contribution >= 4 is 11.9 Å². The van der Waals surface area contributed by atoms with Gasteiger partial charge in [0.05, 0.1) is 13.0 Å². The molecule has 14 heavy (non-hydrogen) atoms. The molecule has 0 saturated carbocycles. The van der Waals surface area contributed by atoms with Crippen LogP contribution in [-0.2, 0) is 14.3 Å². The van der Waals surface area contributed by atoms with Gasteiger partial charge in [0.1, 0.15) is 6.10 Å². The predicted octanol–water partition coefficient (Wildman–Crippen LogP) is 1.20. The van der Waals surface area contributed by atoms with Crippen LogP contribution in [0, 0.1) is 0 Å². The molecule has 0 N–H and O–H groups in total. The monoisotopic (exact) mass is 201 g/mol. The van der Waals surface area contributed by atoms with Gasteiger partial charge in [-0.2, -0.15) is 0 Å². The summed E-state index contributed by atoms with van der Waals surface area (Å²) in [6.45, 7) is 8.51. The van der Waals surface area contributed by atoms with Crippen molar-refractivity contribution in [3.63, 3.8) is 0 Å². The molecule has 1 amide bonds. The number of hydrogen-bond acceptors (Lipinski definition) is 3. The minimum absolute atomic E-state index is 0.0729. The van der Waals surface area contributed by atoms with Crippen LogP contribution in [0.25, 0.3) is 0 Å². The standard InChI is InChI=1S/C8H13NO3.C2H6/c1-3-9-5-7(4-8(9)11)12-6(2)10;1-2/h7H,3-5H2,1-2H3;1-2H3. The van der Waals surface area contributed by atoms with Gasteiger partial charge in [-0.15, -0.1) is 0 Å². The van der Waals surface area contributed by atoms with E-state index in [1.165, 1.54) is 6.92 Å². The second kappa shape index (κ2) is 6.40. The Bertz CT molecular complexity index is 204. The van der Waals surface area contributed by atoms with Crippen LogP contribution in [0.5, 0.6) is 0 Å². The first-order valence-corrected chi connectivity index (χ1v) is 5.08. The molecule has 0 spiro atoms. The van der Waals surface area contributed by atoms with Crippen molar-refractivity contribution in [2.24, 2.45) is 0 Å². The molecule has 1 aliphatic heterocycles. The van der Waals surface area contributed by atoms with E-state index in [-0.39, 0.29) is 18.0 Å². The van der Waals surface area contributed by atoms with Crippen molar-refractivity contribution in [2.75, 3.05) is 13.1 Å². The highest BCUT2D eigenvalue weighted by Crippen LogP contribution is 2.13. The minimum Gasteiger partial charge on any atom is -0.460 e. The first-order chi connectivity index (χ1) is 6.63. The maximum absolute atomic E-state index is 11.1. The summed E-state index contributed by atoms with van der Waals surface area (Å²) in [5.41, 5.74) is 0. The Labute approximate surface area is 85.2 Å². The molecular formula is C10H19NO3. The number of likely N-dealkylation sites (tertiary alicyclic amines) is 1. The fourth-order valence-corrected chi connectivity index (χ4v) is 1.36. The number of nitrogens with zero attached hydrogens (tertiary/aromatic N) is 1. The number of esters is 1. The lowest BCUT2D eigenvalue weighted by Crippen LogP contribution is -2.26. The molecule has 0 aliphatic carbocycles. The largest absolute Gasteiger partial charge is 0.460 e. The van der Waals surface area contributed by atoms with Gasteiger partial charge in [-0.25, -0.2) is 0 Å². The molecule has 1 fully saturated rings. The third-order valence-electron chi connectivity index (χ3n) is 1.89. The average molecular weight is 201 g/mol. The maximum atomic E-state index is 11.1. The van der Waals surface area contributed by atoms with Crippen LogP contribution in [-0.4, -0.2) is 36.0 Å². The number of ether oxygens (including phenoxy) is 1. The van der Waals surface area contributed by atoms with E-state index in [9.17, 15) is 9.59 Å². The lowest BCUT2D eigenvalue weighted by molar-refractivity contribution is -0.145. The van der Waals surface area contributed by atoms with Crippen LogP contribution in [0.15, 0.2) is 0 Å². The Morgan fingerprint density at radius 1 is 1.57 bits per heavy atom.